The number of hydrogen-bond donors (Lipinski definition) is 0. The number of benzene rings is 1. The summed E-state index contributed by atoms with van der Waals surface area (Å²) >= 11 is 0. The van der Waals surface area contributed by atoms with E-state index in [1.54, 1.807) is 6.26 Å². The van der Waals surface area contributed by atoms with Gasteiger partial charge in [0, 0.05) is 12.1 Å². The molecule has 0 bridgehead atoms. The predicted octanol–water partition coefficient (Wildman–Crippen LogP) is 3.88. The van der Waals surface area contributed by atoms with Crippen molar-refractivity contribution in [1.29, 1.82) is 0 Å². The molecule has 4 nitrogen and oxygen atoms in total. The number of rotatable bonds is 5. The fourth-order valence-electron chi connectivity index (χ4n) is 2.26. The molecule has 0 aliphatic carbocycles. The van der Waals surface area contributed by atoms with Gasteiger partial charge in [0.25, 0.3) is 0 Å². The molecule has 0 unspecified atom stereocenters. The SMILES string of the molecule is Cc1ccc(CN(C)Cc2coc(-c3ccccc3)n2)o1. The third-order valence-corrected chi connectivity index (χ3v) is 3.23. The smallest absolute Gasteiger partial charge is 0.226 e. The van der Waals surface area contributed by atoms with Crippen LogP contribution in [0.1, 0.15) is 17.2 Å². The van der Waals surface area contributed by atoms with Gasteiger partial charge in [-0.25, -0.2) is 4.98 Å². The normalized spacial score (nSPS) is 11.2. The zero-order chi connectivity index (χ0) is 14.7. The summed E-state index contributed by atoms with van der Waals surface area (Å²) in [6.45, 7) is 3.42. The minimum absolute atomic E-state index is 0.660. The maximum absolute atomic E-state index is 5.58. The molecule has 0 N–H and O–H groups in total. The minimum Gasteiger partial charge on any atom is -0.465 e. The lowest BCUT2D eigenvalue weighted by atomic mass is 10.2. The second kappa shape index (κ2) is 5.97. The summed E-state index contributed by atoms with van der Waals surface area (Å²) in [5.41, 5.74) is 1.91. The molecule has 0 aliphatic rings. The van der Waals surface area contributed by atoms with Gasteiger partial charge in [-0.05, 0) is 38.2 Å². The molecule has 2 aromatic heterocycles. The van der Waals surface area contributed by atoms with Crippen LogP contribution in [0.15, 0.2) is 57.6 Å². The largest absolute Gasteiger partial charge is 0.465 e. The minimum atomic E-state index is 0.660. The molecule has 0 spiro atoms. The predicted molar refractivity (Wildman–Crippen MR) is 80.6 cm³/mol. The number of aromatic nitrogens is 1. The number of hydrogen-bond acceptors (Lipinski definition) is 4. The van der Waals surface area contributed by atoms with Gasteiger partial charge in [-0.1, -0.05) is 18.2 Å². The van der Waals surface area contributed by atoms with E-state index in [1.165, 1.54) is 0 Å². The van der Waals surface area contributed by atoms with Crippen molar-refractivity contribution >= 4 is 0 Å². The molecule has 0 saturated carbocycles. The summed E-state index contributed by atoms with van der Waals surface area (Å²) in [4.78, 5) is 6.67. The molecular weight excluding hydrogens is 264 g/mol. The van der Waals surface area contributed by atoms with E-state index in [0.29, 0.717) is 5.89 Å². The van der Waals surface area contributed by atoms with Crippen molar-refractivity contribution in [3.05, 3.63) is 65.9 Å². The van der Waals surface area contributed by atoms with E-state index in [9.17, 15) is 0 Å². The number of oxazole rings is 1. The van der Waals surface area contributed by atoms with E-state index in [-0.39, 0.29) is 0 Å². The van der Waals surface area contributed by atoms with Gasteiger partial charge in [0.1, 0.15) is 17.8 Å². The van der Waals surface area contributed by atoms with Crippen LogP contribution in [-0.2, 0) is 13.1 Å². The summed E-state index contributed by atoms with van der Waals surface area (Å²) in [7, 11) is 2.04. The average Bonchev–Trinajstić information content (AvgIpc) is 3.09. The van der Waals surface area contributed by atoms with Crippen molar-refractivity contribution in [2.45, 2.75) is 20.0 Å². The van der Waals surface area contributed by atoms with Crippen LogP contribution in [0.4, 0.5) is 0 Å². The van der Waals surface area contributed by atoms with Crippen molar-refractivity contribution in [2.75, 3.05) is 7.05 Å². The van der Waals surface area contributed by atoms with Gasteiger partial charge in [0.15, 0.2) is 0 Å². The van der Waals surface area contributed by atoms with Crippen LogP contribution < -0.4 is 0 Å². The first-order valence-corrected chi connectivity index (χ1v) is 6.94. The topological polar surface area (TPSA) is 42.4 Å². The van der Waals surface area contributed by atoms with E-state index in [4.69, 9.17) is 8.83 Å². The monoisotopic (exact) mass is 282 g/mol. The van der Waals surface area contributed by atoms with E-state index < -0.39 is 0 Å². The molecular formula is C17H18N2O2. The molecule has 108 valence electrons. The van der Waals surface area contributed by atoms with Gasteiger partial charge in [-0.15, -0.1) is 0 Å². The Hall–Kier alpha value is -2.33. The summed E-state index contributed by atoms with van der Waals surface area (Å²) in [5.74, 6) is 2.56. The lowest BCUT2D eigenvalue weighted by molar-refractivity contribution is 0.282. The Morgan fingerprint density at radius 2 is 1.86 bits per heavy atom. The van der Waals surface area contributed by atoms with Crippen LogP contribution >= 0.6 is 0 Å². The lowest BCUT2D eigenvalue weighted by Crippen LogP contribution is -2.17. The molecule has 0 saturated heterocycles. The molecule has 2 heterocycles. The van der Waals surface area contributed by atoms with Crippen molar-refractivity contribution in [3.63, 3.8) is 0 Å². The van der Waals surface area contributed by atoms with Crippen molar-refractivity contribution < 1.29 is 8.83 Å². The number of furan rings is 1. The Kier molecular flexibility index (Phi) is 3.88. The lowest BCUT2D eigenvalue weighted by Gasteiger charge is -2.12. The Morgan fingerprint density at radius 1 is 1.05 bits per heavy atom. The quantitative estimate of drug-likeness (QED) is 0.712. The summed E-state index contributed by atoms with van der Waals surface area (Å²) in [5, 5.41) is 0. The average molecular weight is 282 g/mol. The molecule has 4 heteroatoms. The van der Waals surface area contributed by atoms with Crippen molar-refractivity contribution in [3.8, 4) is 11.5 Å². The fourth-order valence-corrected chi connectivity index (χ4v) is 2.26. The van der Waals surface area contributed by atoms with Crippen LogP contribution in [0.2, 0.25) is 0 Å². The number of aryl methyl sites for hydroxylation is 1. The fraction of sp³-hybridized carbons (Fsp3) is 0.235. The Bertz CT molecular complexity index is 700. The Balaban J connectivity index is 1.64. The molecule has 0 radical (unpaired) electrons. The molecule has 0 atom stereocenters. The molecule has 3 aromatic rings. The maximum atomic E-state index is 5.58. The van der Waals surface area contributed by atoms with E-state index >= 15 is 0 Å². The second-order valence-corrected chi connectivity index (χ2v) is 5.19. The van der Waals surface area contributed by atoms with E-state index in [0.717, 1.165) is 35.9 Å². The van der Waals surface area contributed by atoms with E-state index in [2.05, 4.69) is 9.88 Å². The van der Waals surface area contributed by atoms with Gasteiger partial charge < -0.3 is 8.83 Å². The highest BCUT2D eigenvalue weighted by Crippen LogP contribution is 2.19. The van der Waals surface area contributed by atoms with Crippen LogP contribution in [0, 0.1) is 6.92 Å². The van der Waals surface area contributed by atoms with Crippen molar-refractivity contribution in [2.24, 2.45) is 0 Å². The van der Waals surface area contributed by atoms with Crippen LogP contribution in [0.3, 0.4) is 0 Å². The van der Waals surface area contributed by atoms with Crippen LogP contribution in [-0.4, -0.2) is 16.9 Å². The first-order chi connectivity index (χ1) is 10.2. The summed E-state index contributed by atoms with van der Waals surface area (Å²) < 4.78 is 11.1. The molecule has 1 aromatic carbocycles. The standard InChI is InChI=1S/C17H18N2O2/c1-13-8-9-16(21-13)11-19(2)10-15-12-20-17(18-15)14-6-4-3-5-7-14/h3-9,12H,10-11H2,1-2H3. The maximum Gasteiger partial charge on any atom is 0.226 e. The van der Waals surface area contributed by atoms with Gasteiger partial charge in [0.2, 0.25) is 5.89 Å². The van der Waals surface area contributed by atoms with E-state index in [1.807, 2.05) is 56.4 Å². The van der Waals surface area contributed by atoms with Gasteiger partial charge in [-0.2, -0.15) is 0 Å². The van der Waals surface area contributed by atoms with Crippen molar-refractivity contribution in [1.82, 2.24) is 9.88 Å². The second-order valence-electron chi connectivity index (χ2n) is 5.19. The first kappa shape index (κ1) is 13.6. The first-order valence-electron chi connectivity index (χ1n) is 6.94. The van der Waals surface area contributed by atoms with Crippen LogP contribution in [0.25, 0.3) is 11.5 Å². The highest BCUT2D eigenvalue weighted by Gasteiger charge is 2.10. The summed E-state index contributed by atoms with van der Waals surface area (Å²) in [6.07, 6.45) is 1.71. The molecule has 0 fully saturated rings. The van der Waals surface area contributed by atoms with Crippen LogP contribution in [0.5, 0.6) is 0 Å². The number of nitrogens with zero attached hydrogens (tertiary/aromatic N) is 2. The van der Waals surface area contributed by atoms with Gasteiger partial charge >= 0.3 is 0 Å². The third kappa shape index (κ3) is 3.41. The zero-order valence-corrected chi connectivity index (χ0v) is 12.2. The zero-order valence-electron chi connectivity index (χ0n) is 12.2. The third-order valence-electron chi connectivity index (χ3n) is 3.23. The highest BCUT2D eigenvalue weighted by molar-refractivity contribution is 5.52. The highest BCUT2D eigenvalue weighted by atomic mass is 16.3. The Labute approximate surface area is 124 Å². The Morgan fingerprint density at radius 3 is 2.57 bits per heavy atom. The molecule has 21 heavy (non-hydrogen) atoms. The molecule has 3 rings (SSSR count). The summed E-state index contributed by atoms with van der Waals surface area (Å²) in [6, 6.07) is 13.9. The van der Waals surface area contributed by atoms with Gasteiger partial charge in [-0.3, -0.25) is 4.90 Å². The van der Waals surface area contributed by atoms with Gasteiger partial charge in [0.05, 0.1) is 12.2 Å². The molecule has 0 amide bonds. The molecule has 0 aliphatic heterocycles.